The number of amides is 2. The Hall–Kier alpha value is -2.93. The molecule has 1 aromatic carbocycles. The number of hydrogen-bond acceptors (Lipinski definition) is 4. The van der Waals surface area contributed by atoms with Crippen molar-refractivity contribution in [2.45, 2.75) is 19.9 Å². The molecule has 3 rings (SSSR count). The zero-order valence-electron chi connectivity index (χ0n) is 13.9. The highest BCUT2D eigenvalue weighted by atomic mass is 32.1. The van der Waals surface area contributed by atoms with Crippen molar-refractivity contribution in [2.75, 3.05) is 10.6 Å². The number of aromatic nitrogens is 2. The molecule has 0 aliphatic rings. The van der Waals surface area contributed by atoms with Crippen molar-refractivity contribution in [1.82, 2.24) is 9.78 Å². The molecule has 0 saturated carbocycles. The lowest BCUT2D eigenvalue weighted by Gasteiger charge is -2.12. The first-order valence-corrected chi connectivity index (χ1v) is 8.72. The summed E-state index contributed by atoms with van der Waals surface area (Å²) in [5.41, 5.74) is 1.15. The highest BCUT2D eigenvalue weighted by molar-refractivity contribution is 7.12. The molecule has 6 nitrogen and oxygen atoms in total. The number of carbonyl (C=O) groups is 2. The Kier molecular flexibility index (Phi) is 4.95. The Morgan fingerprint density at radius 1 is 1.04 bits per heavy atom. The van der Waals surface area contributed by atoms with Crippen molar-refractivity contribution in [2.24, 2.45) is 0 Å². The van der Waals surface area contributed by atoms with Gasteiger partial charge in [-0.15, -0.1) is 11.3 Å². The highest BCUT2D eigenvalue weighted by Gasteiger charge is 2.12. The second-order valence-corrected chi connectivity index (χ2v) is 6.67. The lowest BCUT2D eigenvalue weighted by atomic mass is 10.2. The van der Waals surface area contributed by atoms with Crippen LogP contribution in [0.5, 0.6) is 0 Å². The number of anilines is 2. The maximum absolute atomic E-state index is 12.4. The summed E-state index contributed by atoms with van der Waals surface area (Å²) in [6.07, 6.45) is 1.65. The van der Waals surface area contributed by atoms with Crippen LogP contribution in [-0.4, -0.2) is 21.6 Å². The first-order valence-electron chi connectivity index (χ1n) is 7.84. The van der Waals surface area contributed by atoms with Crippen LogP contribution in [0.15, 0.2) is 54.0 Å². The van der Waals surface area contributed by atoms with Crippen molar-refractivity contribution in [3.05, 3.63) is 64.5 Å². The van der Waals surface area contributed by atoms with E-state index in [1.807, 2.05) is 25.3 Å². The Balaban J connectivity index is 1.66. The summed E-state index contributed by atoms with van der Waals surface area (Å²) < 4.78 is 1.74. The largest absolute Gasteiger partial charge is 0.321 e. The van der Waals surface area contributed by atoms with Gasteiger partial charge in [-0.3, -0.25) is 9.59 Å². The van der Waals surface area contributed by atoms with Gasteiger partial charge in [0.05, 0.1) is 11.1 Å². The number of benzene rings is 1. The molecule has 0 radical (unpaired) electrons. The Bertz CT molecular complexity index is 867. The molecule has 0 saturated heterocycles. The Morgan fingerprint density at radius 3 is 2.44 bits per heavy atom. The van der Waals surface area contributed by atoms with E-state index in [-0.39, 0.29) is 17.9 Å². The van der Waals surface area contributed by atoms with Crippen LogP contribution in [-0.2, 0) is 0 Å². The van der Waals surface area contributed by atoms with E-state index in [1.165, 1.54) is 11.3 Å². The van der Waals surface area contributed by atoms with Crippen LogP contribution in [0.3, 0.4) is 0 Å². The average Bonchev–Trinajstić information content (AvgIpc) is 3.27. The molecule has 0 fully saturated rings. The second-order valence-electron chi connectivity index (χ2n) is 5.72. The summed E-state index contributed by atoms with van der Waals surface area (Å²) >= 11 is 1.38. The predicted molar refractivity (Wildman–Crippen MR) is 99.3 cm³/mol. The fraction of sp³-hybridized carbons (Fsp3) is 0.167. The molecule has 0 bridgehead atoms. The molecule has 25 heavy (non-hydrogen) atoms. The number of hydrogen-bond donors (Lipinski definition) is 2. The molecule has 3 aromatic rings. The molecule has 7 heteroatoms. The summed E-state index contributed by atoms with van der Waals surface area (Å²) in [5.74, 6) is 0.265. The maximum Gasteiger partial charge on any atom is 0.265 e. The van der Waals surface area contributed by atoms with Gasteiger partial charge in [0.1, 0.15) is 5.82 Å². The predicted octanol–water partition coefficient (Wildman–Crippen LogP) is 4.03. The summed E-state index contributed by atoms with van der Waals surface area (Å²) in [6.45, 7) is 3.99. The van der Waals surface area contributed by atoms with Gasteiger partial charge in [0.15, 0.2) is 0 Å². The van der Waals surface area contributed by atoms with Crippen LogP contribution in [0, 0.1) is 0 Å². The number of nitrogens with one attached hydrogen (secondary N) is 2. The van der Waals surface area contributed by atoms with E-state index in [2.05, 4.69) is 15.7 Å². The zero-order chi connectivity index (χ0) is 17.8. The third kappa shape index (κ3) is 3.95. The van der Waals surface area contributed by atoms with E-state index in [9.17, 15) is 9.59 Å². The molecule has 0 unspecified atom stereocenters. The third-order valence-electron chi connectivity index (χ3n) is 3.55. The minimum atomic E-state index is -0.224. The van der Waals surface area contributed by atoms with Gasteiger partial charge in [0.25, 0.3) is 11.8 Å². The molecule has 0 aliphatic carbocycles. The van der Waals surface area contributed by atoms with Gasteiger partial charge in [-0.25, -0.2) is 4.68 Å². The first-order chi connectivity index (χ1) is 12.0. The van der Waals surface area contributed by atoms with Crippen LogP contribution < -0.4 is 10.6 Å². The molecule has 0 atom stereocenters. The molecule has 2 N–H and O–H groups in total. The molecule has 2 heterocycles. The molecule has 128 valence electrons. The lowest BCUT2D eigenvalue weighted by Crippen LogP contribution is -2.17. The van der Waals surface area contributed by atoms with Crippen LogP contribution in [0.1, 0.15) is 39.9 Å². The van der Waals surface area contributed by atoms with Crippen LogP contribution in [0.2, 0.25) is 0 Å². The molecule has 0 aliphatic heterocycles. The summed E-state index contributed by atoms with van der Waals surface area (Å²) in [5, 5.41) is 11.7. The number of nitrogens with zero attached hydrogens (tertiary/aromatic N) is 2. The van der Waals surface area contributed by atoms with E-state index in [4.69, 9.17) is 0 Å². The zero-order valence-corrected chi connectivity index (χ0v) is 14.7. The normalized spacial score (nSPS) is 10.7. The molecular weight excluding hydrogens is 336 g/mol. The van der Waals surface area contributed by atoms with E-state index < -0.39 is 0 Å². The van der Waals surface area contributed by atoms with Crippen molar-refractivity contribution < 1.29 is 9.59 Å². The maximum atomic E-state index is 12.4. The van der Waals surface area contributed by atoms with E-state index in [0.717, 1.165) is 0 Å². The third-order valence-corrected chi connectivity index (χ3v) is 4.42. The van der Waals surface area contributed by atoms with Gasteiger partial charge in [-0.2, -0.15) is 5.10 Å². The molecule has 2 aromatic heterocycles. The van der Waals surface area contributed by atoms with Crippen molar-refractivity contribution >= 4 is 34.7 Å². The van der Waals surface area contributed by atoms with Gasteiger partial charge in [-0.1, -0.05) is 6.07 Å². The Labute approximate surface area is 149 Å². The quantitative estimate of drug-likeness (QED) is 0.726. The van der Waals surface area contributed by atoms with E-state index >= 15 is 0 Å². The summed E-state index contributed by atoms with van der Waals surface area (Å²) in [6, 6.07) is 12.3. The van der Waals surface area contributed by atoms with E-state index in [0.29, 0.717) is 21.9 Å². The topological polar surface area (TPSA) is 76.0 Å². The number of thiophene rings is 1. The van der Waals surface area contributed by atoms with Crippen LogP contribution >= 0.6 is 11.3 Å². The van der Waals surface area contributed by atoms with Crippen molar-refractivity contribution in [1.29, 1.82) is 0 Å². The van der Waals surface area contributed by atoms with Crippen molar-refractivity contribution in [3.63, 3.8) is 0 Å². The highest BCUT2D eigenvalue weighted by Crippen LogP contribution is 2.17. The fourth-order valence-electron chi connectivity index (χ4n) is 2.32. The SMILES string of the molecule is CC(C)n1nccc1NC(=O)c1ccc(NC(=O)c2cccs2)cc1. The average molecular weight is 354 g/mol. The number of carbonyl (C=O) groups excluding carboxylic acids is 2. The van der Waals surface area contributed by atoms with Gasteiger partial charge in [-0.05, 0) is 49.6 Å². The standard InChI is InChI=1S/C18H18N4O2S/c1-12(2)22-16(9-10-19-22)21-17(23)13-5-7-14(8-6-13)20-18(24)15-4-3-11-25-15/h3-12H,1-2H3,(H,20,24)(H,21,23). The minimum absolute atomic E-state index is 0.153. The molecular formula is C18H18N4O2S. The molecule has 0 spiro atoms. The number of rotatable bonds is 5. The van der Waals surface area contributed by atoms with Gasteiger partial charge >= 0.3 is 0 Å². The van der Waals surface area contributed by atoms with Crippen LogP contribution in [0.4, 0.5) is 11.5 Å². The summed E-state index contributed by atoms with van der Waals surface area (Å²) in [7, 11) is 0. The van der Waals surface area contributed by atoms with Gasteiger partial charge < -0.3 is 10.6 Å². The monoisotopic (exact) mass is 354 g/mol. The molecule has 2 amide bonds. The fourth-order valence-corrected chi connectivity index (χ4v) is 2.94. The van der Waals surface area contributed by atoms with Crippen LogP contribution in [0.25, 0.3) is 0 Å². The van der Waals surface area contributed by atoms with Gasteiger partial charge in [0, 0.05) is 23.4 Å². The van der Waals surface area contributed by atoms with Gasteiger partial charge in [0.2, 0.25) is 0 Å². The minimum Gasteiger partial charge on any atom is -0.321 e. The van der Waals surface area contributed by atoms with E-state index in [1.54, 1.807) is 47.3 Å². The van der Waals surface area contributed by atoms with Crippen molar-refractivity contribution in [3.8, 4) is 0 Å². The first kappa shape index (κ1) is 16.9. The smallest absolute Gasteiger partial charge is 0.265 e. The Morgan fingerprint density at radius 2 is 1.80 bits per heavy atom. The summed E-state index contributed by atoms with van der Waals surface area (Å²) in [4.78, 5) is 25.0. The second kappa shape index (κ2) is 7.31. The lowest BCUT2D eigenvalue weighted by molar-refractivity contribution is 0.102.